The van der Waals surface area contributed by atoms with Gasteiger partial charge in [0.1, 0.15) is 5.82 Å². The average molecular weight is 423 g/mol. The van der Waals surface area contributed by atoms with E-state index in [1.54, 1.807) is 11.0 Å². The van der Waals surface area contributed by atoms with Gasteiger partial charge in [-0.2, -0.15) is 5.10 Å². The first kappa shape index (κ1) is 20.8. The second-order valence-corrected chi connectivity index (χ2v) is 7.84. The van der Waals surface area contributed by atoms with E-state index in [1.807, 2.05) is 31.2 Å². The van der Waals surface area contributed by atoms with Crippen molar-refractivity contribution in [2.75, 3.05) is 25.5 Å². The van der Waals surface area contributed by atoms with Gasteiger partial charge >= 0.3 is 0 Å². The van der Waals surface area contributed by atoms with Gasteiger partial charge in [-0.05, 0) is 56.4 Å². The Balaban J connectivity index is 1.34. The van der Waals surface area contributed by atoms with E-state index in [-0.39, 0.29) is 17.2 Å². The number of likely N-dealkylation sites (tertiary alicyclic amines) is 1. The molecule has 4 rings (SSSR count). The van der Waals surface area contributed by atoms with E-state index in [2.05, 4.69) is 15.5 Å². The summed E-state index contributed by atoms with van der Waals surface area (Å²) in [6.07, 6.45) is 2.55. The van der Waals surface area contributed by atoms with Crippen LogP contribution in [0, 0.1) is 18.7 Å². The molecule has 2 aromatic heterocycles. The first-order valence-corrected chi connectivity index (χ1v) is 10.4. The number of H-pyrrole nitrogens is 1. The zero-order valence-corrected chi connectivity index (χ0v) is 17.7. The summed E-state index contributed by atoms with van der Waals surface area (Å²) in [5.41, 5.74) is 2.04. The van der Waals surface area contributed by atoms with Gasteiger partial charge in [0.2, 0.25) is 0 Å². The molecule has 7 nitrogen and oxygen atoms in total. The van der Waals surface area contributed by atoms with Crippen LogP contribution in [-0.2, 0) is 6.42 Å². The van der Waals surface area contributed by atoms with Crippen molar-refractivity contribution in [3.63, 3.8) is 0 Å². The summed E-state index contributed by atoms with van der Waals surface area (Å²) in [5, 5.41) is 10.3. The number of rotatable bonds is 6. The number of aromatic amines is 1. The van der Waals surface area contributed by atoms with E-state index in [1.165, 1.54) is 19.2 Å². The molecule has 1 fully saturated rings. The highest BCUT2D eigenvalue weighted by Crippen LogP contribution is 2.26. The summed E-state index contributed by atoms with van der Waals surface area (Å²) < 4.78 is 19.4. The van der Waals surface area contributed by atoms with Crippen LogP contribution in [0.25, 0.3) is 0 Å². The fourth-order valence-electron chi connectivity index (χ4n) is 3.92. The van der Waals surface area contributed by atoms with Gasteiger partial charge in [0.15, 0.2) is 17.4 Å². The van der Waals surface area contributed by atoms with Gasteiger partial charge in [0.05, 0.1) is 12.7 Å². The van der Waals surface area contributed by atoms with Crippen LogP contribution in [0.4, 0.5) is 16.0 Å². The Morgan fingerprint density at radius 1 is 1.23 bits per heavy atom. The minimum absolute atomic E-state index is 0.0619. The minimum atomic E-state index is -0.599. The summed E-state index contributed by atoms with van der Waals surface area (Å²) in [6.45, 7) is 3.15. The fourth-order valence-corrected chi connectivity index (χ4v) is 3.92. The van der Waals surface area contributed by atoms with E-state index < -0.39 is 5.82 Å². The van der Waals surface area contributed by atoms with Gasteiger partial charge in [-0.15, -0.1) is 0 Å². The average Bonchev–Trinajstić information content (AvgIpc) is 3.18. The molecular formula is C23H26FN5O2. The highest BCUT2D eigenvalue weighted by molar-refractivity contribution is 5.95. The van der Waals surface area contributed by atoms with Crippen LogP contribution in [0.2, 0.25) is 0 Å². The SMILES string of the molecule is COc1cccc(C(=O)N2CCC(Cc3cccc(Nc4cc(C)[nH]n4)n3)CC2)c1F. The molecule has 3 heterocycles. The summed E-state index contributed by atoms with van der Waals surface area (Å²) in [6, 6.07) is 12.5. The molecule has 1 aliphatic heterocycles. The molecule has 0 spiro atoms. The Morgan fingerprint density at radius 2 is 2.00 bits per heavy atom. The van der Waals surface area contributed by atoms with Crippen molar-refractivity contribution in [1.82, 2.24) is 20.1 Å². The molecule has 0 atom stereocenters. The standard InChI is InChI=1S/C23H26FN5O2/c1-15-13-21(28-27-15)26-20-8-3-5-17(25-20)14-16-9-11-29(12-10-16)23(30)18-6-4-7-19(31-2)22(18)24/h3-8,13,16H,9-12,14H2,1-2H3,(H2,25,26,27,28). The molecule has 0 aliphatic carbocycles. The van der Waals surface area contributed by atoms with Gasteiger partial charge in [-0.3, -0.25) is 9.89 Å². The Bertz CT molecular complexity index is 1060. The normalized spacial score (nSPS) is 14.5. The number of piperidine rings is 1. The Morgan fingerprint density at radius 3 is 2.71 bits per heavy atom. The third kappa shape index (κ3) is 4.84. The highest BCUT2D eigenvalue weighted by atomic mass is 19.1. The van der Waals surface area contributed by atoms with E-state index in [0.717, 1.165) is 42.3 Å². The quantitative estimate of drug-likeness (QED) is 0.624. The topological polar surface area (TPSA) is 83.1 Å². The molecule has 1 aliphatic rings. The van der Waals surface area contributed by atoms with Crippen molar-refractivity contribution in [2.45, 2.75) is 26.2 Å². The number of nitrogens with one attached hydrogen (secondary N) is 2. The molecule has 3 aromatic rings. The van der Waals surface area contributed by atoms with Gasteiger partial charge in [0.25, 0.3) is 5.91 Å². The van der Waals surface area contributed by atoms with Crippen LogP contribution in [0.15, 0.2) is 42.5 Å². The number of carbonyl (C=O) groups is 1. The number of hydrogen-bond donors (Lipinski definition) is 2. The van der Waals surface area contributed by atoms with Crippen molar-refractivity contribution in [3.8, 4) is 5.75 Å². The third-order valence-corrected chi connectivity index (χ3v) is 5.58. The van der Waals surface area contributed by atoms with Crippen LogP contribution >= 0.6 is 0 Å². The molecule has 0 bridgehead atoms. The third-order valence-electron chi connectivity index (χ3n) is 5.58. The lowest BCUT2D eigenvalue weighted by Crippen LogP contribution is -2.39. The van der Waals surface area contributed by atoms with Gasteiger partial charge in [-0.1, -0.05) is 12.1 Å². The summed E-state index contributed by atoms with van der Waals surface area (Å²) in [5.74, 6) is 1.12. The molecule has 31 heavy (non-hydrogen) atoms. The number of ether oxygens (including phenoxy) is 1. The van der Waals surface area contributed by atoms with Crippen LogP contribution < -0.4 is 10.1 Å². The molecule has 1 amide bonds. The first-order valence-electron chi connectivity index (χ1n) is 10.4. The smallest absolute Gasteiger partial charge is 0.256 e. The number of aryl methyl sites for hydroxylation is 1. The van der Waals surface area contributed by atoms with Crippen molar-refractivity contribution < 1.29 is 13.9 Å². The maximum atomic E-state index is 14.4. The van der Waals surface area contributed by atoms with Crippen molar-refractivity contribution in [3.05, 3.63) is 65.2 Å². The van der Waals surface area contributed by atoms with Crippen molar-refractivity contribution >= 4 is 17.5 Å². The maximum absolute atomic E-state index is 14.4. The van der Waals surface area contributed by atoms with E-state index in [0.29, 0.717) is 19.0 Å². The lowest BCUT2D eigenvalue weighted by atomic mass is 9.91. The predicted octanol–water partition coefficient (Wildman–Crippen LogP) is 4.10. The lowest BCUT2D eigenvalue weighted by Gasteiger charge is -2.32. The molecule has 1 aromatic carbocycles. The van der Waals surface area contributed by atoms with Crippen LogP contribution in [0.5, 0.6) is 5.75 Å². The number of pyridine rings is 1. The van der Waals surface area contributed by atoms with Gasteiger partial charge in [0, 0.05) is 30.5 Å². The van der Waals surface area contributed by atoms with Gasteiger partial charge in [-0.25, -0.2) is 9.37 Å². The largest absolute Gasteiger partial charge is 0.494 e. The summed E-state index contributed by atoms with van der Waals surface area (Å²) in [7, 11) is 1.40. The molecule has 162 valence electrons. The Kier molecular flexibility index (Phi) is 6.16. The maximum Gasteiger partial charge on any atom is 0.256 e. The number of aromatic nitrogens is 3. The lowest BCUT2D eigenvalue weighted by molar-refractivity contribution is 0.0684. The highest BCUT2D eigenvalue weighted by Gasteiger charge is 2.26. The Hall–Kier alpha value is -3.42. The van der Waals surface area contributed by atoms with Crippen LogP contribution in [0.3, 0.4) is 0 Å². The number of nitrogens with zero attached hydrogens (tertiary/aromatic N) is 3. The second kappa shape index (κ2) is 9.16. The molecule has 2 N–H and O–H groups in total. The molecule has 0 unspecified atom stereocenters. The molecule has 0 saturated carbocycles. The molecular weight excluding hydrogens is 397 g/mol. The summed E-state index contributed by atoms with van der Waals surface area (Å²) >= 11 is 0. The zero-order valence-electron chi connectivity index (χ0n) is 17.7. The van der Waals surface area contributed by atoms with E-state index in [4.69, 9.17) is 9.72 Å². The number of anilines is 2. The zero-order chi connectivity index (χ0) is 21.8. The number of benzene rings is 1. The number of halogens is 1. The monoisotopic (exact) mass is 423 g/mol. The van der Waals surface area contributed by atoms with E-state index >= 15 is 0 Å². The van der Waals surface area contributed by atoms with Crippen molar-refractivity contribution in [1.29, 1.82) is 0 Å². The minimum Gasteiger partial charge on any atom is -0.494 e. The number of hydrogen-bond acceptors (Lipinski definition) is 5. The molecule has 1 saturated heterocycles. The summed E-state index contributed by atoms with van der Waals surface area (Å²) in [4.78, 5) is 19.2. The van der Waals surface area contributed by atoms with Gasteiger partial charge < -0.3 is 15.0 Å². The molecule has 0 radical (unpaired) electrons. The second-order valence-electron chi connectivity index (χ2n) is 7.84. The first-order chi connectivity index (χ1) is 15.0. The number of methoxy groups -OCH3 is 1. The van der Waals surface area contributed by atoms with Crippen molar-refractivity contribution in [2.24, 2.45) is 5.92 Å². The number of amides is 1. The fraction of sp³-hybridized carbons (Fsp3) is 0.348. The number of carbonyl (C=O) groups excluding carboxylic acids is 1. The van der Waals surface area contributed by atoms with Crippen LogP contribution in [-0.4, -0.2) is 46.2 Å². The molecule has 8 heteroatoms. The van der Waals surface area contributed by atoms with Crippen LogP contribution in [0.1, 0.15) is 34.6 Å². The Labute approximate surface area is 180 Å². The van der Waals surface area contributed by atoms with E-state index in [9.17, 15) is 9.18 Å². The predicted molar refractivity (Wildman–Crippen MR) is 116 cm³/mol.